The van der Waals surface area contributed by atoms with Crippen LogP contribution in [0.5, 0.6) is 17.2 Å². The van der Waals surface area contributed by atoms with E-state index in [1.807, 2.05) is 161 Å². The zero-order valence-corrected chi connectivity index (χ0v) is 57.9. The molecular weight excluding hydrogens is 1100 g/mol. The highest BCUT2D eigenvalue weighted by atomic mass is 16.7. The Hall–Kier alpha value is -6.71. The monoisotopic (exact) mass is 1200 g/mol. The van der Waals surface area contributed by atoms with E-state index in [1.54, 1.807) is 62.3 Å². The molecule has 16 heteroatoms. The van der Waals surface area contributed by atoms with Gasteiger partial charge in [0.05, 0.1) is 12.8 Å². The van der Waals surface area contributed by atoms with Crippen molar-refractivity contribution in [3.8, 4) is 17.2 Å². The van der Waals surface area contributed by atoms with Crippen molar-refractivity contribution in [2.45, 2.75) is 288 Å². The van der Waals surface area contributed by atoms with Crippen LogP contribution in [0.25, 0.3) is 0 Å². The largest absolute Gasteiger partial charge is 0.514 e. The number of hydrogen-bond acceptors (Lipinski definition) is 15. The summed E-state index contributed by atoms with van der Waals surface area (Å²) in [5, 5.41) is 2.85. The molecule has 0 unspecified atom stereocenters. The number of benzene rings is 3. The van der Waals surface area contributed by atoms with Crippen LogP contribution in [-0.2, 0) is 93.2 Å². The first kappa shape index (κ1) is 72.8. The van der Waals surface area contributed by atoms with Crippen molar-refractivity contribution < 1.29 is 57.2 Å². The number of nitrogens with zero attached hydrogens (tertiary/aromatic N) is 3. The third kappa shape index (κ3) is 23.1. The first-order valence-corrected chi connectivity index (χ1v) is 30.5. The van der Waals surface area contributed by atoms with Crippen molar-refractivity contribution >= 4 is 41.9 Å². The number of nitrogens with one attached hydrogen (secondary N) is 1. The predicted molar refractivity (Wildman–Crippen MR) is 343 cm³/mol. The van der Waals surface area contributed by atoms with Gasteiger partial charge in [-0.1, -0.05) is 161 Å². The minimum absolute atomic E-state index is 0.0110. The van der Waals surface area contributed by atoms with Gasteiger partial charge in [0.15, 0.2) is 0 Å². The number of ketones is 2. The second-order valence-corrected chi connectivity index (χ2v) is 32.2. The standard InChI is InChI=1S/C71H104N4O12/c1-63(2,3)47-34-42(35-48(64(4,5)6)56(47)82-60(79)85-69(19,20)21)28-31-45(76)40-53-72-54(41-46(77)32-29-43-36-49(65(7,8)9)57(50(37-43)66(10,11)12)83-61(80)86-70(22,23)24)74-59(73-53)75-55(78)33-30-44-38-51(67(13,14)15)58(52(39-44)68(16,17)18)84-62(81)87-71(25,26)27/h34-39H,28-33,40-41H2,1-27H3,(H,72,73,74,75,78). The van der Waals surface area contributed by atoms with Gasteiger partial charge in [0.1, 0.15) is 57.3 Å². The van der Waals surface area contributed by atoms with Crippen molar-refractivity contribution in [1.82, 2.24) is 15.0 Å². The van der Waals surface area contributed by atoms with Crippen LogP contribution in [0, 0.1) is 0 Å². The highest BCUT2D eigenvalue weighted by molar-refractivity contribution is 5.89. The lowest BCUT2D eigenvalue weighted by atomic mass is 9.78. The normalized spacial score (nSPS) is 13.0. The Morgan fingerprint density at radius 3 is 0.793 bits per heavy atom. The Morgan fingerprint density at radius 2 is 0.575 bits per heavy atom. The second-order valence-electron chi connectivity index (χ2n) is 32.2. The SMILES string of the molecule is CC(C)(C)OC(=O)Oc1c(C(C)(C)C)cc(CCC(=O)Cc2nc(CC(=O)CCc3cc(C(C)(C)C)c(OC(=O)OC(C)(C)C)c(C(C)(C)C)c3)nc(NC(=O)CCc3cc(C(C)(C)C)c(OC(=O)OC(C)(C)C)c(C(C)(C)C)c3)n2)cc1C(C)(C)C. The average molecular weight is 1210 g/mol. The van der Waals surface area contributed by atoms with Crippen LogP contribution >= 0.6 is 0 Å². The molecule has 1 N–H and O–H groups in total. The van der Waals surface area contributed by atoms with Crippen LogP contribution < -0.4 is 19.5 Å². The van der Waals surface area contributed by atoms with E-state index in [-0.39, 0.29) is 61.3 Å². The van der Waals surface area contributed by atoms with Crippen LogP contribution in [0.15, 0.2) is 36.4 Å². The average Bonchev–Trinajstić information content (AvgIpc) is 0.862. The molecule has 0 aliphatic heterocycles. The number of rotatable bonds is 17. The van der Waals surface area contributed by atoms with E-state index >= 15 is 0 Å². The number of aryl methyl sites for hydroxylation is 3. The van der Waals surface area contributed by atoms with Crippen LogP contribution in [0.4, 0.5) is 20.3 Å². The van der Waals surface area contributed by atoms with Crippen molar-refractivity contribution in [2.75, 3.05) is 5.32 Å². The summed E-state index contributed by atoms with van der Waals surface area (Å²) in [6, 6.07) is 11.8. The molecular formula is C71H104N4O12. The van der Waals surface area contributed by atoms with E-state index in [9.17, 15) is 28.8 Å². The van der Waals surface area contributed by atoms with E-state index in [1.165, 1.54) is 0 Å². The van der Waals surface area contributed by atoms with E-state index < -0.39 is 73.7 Å². The van der Waals surface area contributed by atoms with Gasteiger partial charge in [0.25, 0.3) is 0 Å². The summed E-state index contributed by atoms with van der Waals surface area (Å²) in [5.41, 5.74) is 2.21. The van der Waals surface area contributed by atoms with Crippen molar-refractivity contribution in [2.24, 2.45) is 0 Å². The van der Waals surface area contributed by atoms with Crippen molar-refractivity contribution in [1.29, 1.82) is 0 Å². The summed E-state index contributed by atoms with van der Waals surface area (Å²) in [4.78, 5) is 95.6. The number of hydrogen-bond donors (Lipinski definition) is 1. The van der Waals surface area contributed by atoms with Gasteiger partial charge in [0, 0.05) is 52.6 Å². The Morgan fingerprint density at radius 1 is 0.345 bits per heavy atom. The topological polar surface area (TPSA) is 208 Å². The van der Waals surface area contributed by atoms with Gasteiger partial charge in [0.2, 0.25) is 11.9 Å². The van der Waals surface area contributed by atoms with E-state index in [0.717, 1.165) is 50.1 Å². The molecule has 0 aliphatic carbocycles. The first-order valence-electron chi connectivity index (χ1n) is 30.5. The smallest absolute Gasteiger partial charge is 0.428 e. The van der Waals surface area contributed by atoms with Gasteiger partial charge in [-0.15, -0.1) is 0 Å². The van der Waals surface area contributed by atoms with Gasteiger partial charge in [-0.3, -0.25) is 19.7 Å². The summed E-state index contributed by atoms with van der Waals surface area (Å²) < 4.78 is 34.7. The molecule has 1 aromatic heterocycles. The molecule has 1 amide bonds. The minimum Gasteiger partial charge on any atom is -0.428 e. The van der Waals surface area contributed by atoms with E-state index in [0.29, 0.717) is 36.5 Å². The molecule has 0 spiro atoms. The van der Waals surface area contributed by atoms with Gasteiger partial charge < -0.3 is 28.4 Å². The third-order valence-corrected chi connectivity index (χ3v) is 13.7. The summed E-state index contributed by atoms with van der Waals surface area (Å²) in [6.45, 7) is 52.6. The molecule has 16 nitrogen and oxygen atoms in total. The maximum absolute atomic E-state index is 14.2. The van der Waals surface area contributed by atoms with Gasteiger partial charge in [-0.05, 0) is 131 Å². The molecule has 0 radical (unpaired) electrons. The molecule has 0 saturated carbocycles. The molecule has 0 saturated heterocycles. The Labute approximate surface area is 520 Å². The molecule has 3 aromatic carbocycles. The van der Waals surface area contributed by atoms with E-state index in [2.05, 4.69) is 20.3 Å². The number of amides is 1. The zero-order valence-electron chi connectivity index (χ0n) is 57.9. The third-order valence-electron chi connectivity index (χ3n) is 13.7. The van der Waals surface area contributed by atoms with E-state index in [4.69, 9.17) is 28.4 Å². The summed E-state index contributed by atoms with van der Waals surface area (Å²) >= 11 is 0. The maximum atomic E-state index is 14.2. The Bertz CT molecular complexity index is 2730. The molecule has 4 rings (SSSR count). The fourth-order valence-electron chi connectivity index (χ4n) is 9.46. The first-order chi connectivity index (χ1) is 39.2. The number of anilines is 1. The molecule has 0 atom stereocenters. The number of ether oxygens (including phenoxy) is 6. The summed E-state index contributed by atoms with van der Waals surface area (Å²) in [7, 11) is 0. The molecule has 0 fully saturated rings. The lowest BCUT2D eigenvalue weighted by molar-refractivity contribution is -0.119. The fourth-order valence-corrected chi connectivity index (χ4v) is 9.46. The number of carbonyl (C=O) groups is 6. The van der Waals surface area contributed by atoms with Gasteiger partial charge in [-0.25, -0.2) is 19.4 Å². The van der Waals surface area contributed by atoms with Crippen LogP contribution in [0.1, 0.15) is 268 Å². The second kappa shape index (κ2) is 26.9. The minimum atomic E-state index is -0.809. The van der Waals surface area contributed by atoms with Crippen LogP contribution in [0.3, 0.4) is 0 Å². The van der Waals surface area contributed by atoms with Crippen LogP contribution in [0.2, 0.25) is 0 Å². The lowest BCUT2D eigenvalue weighted by Gasteiger charge is -2.30. The molecule has 87 heavy (non-hydrogen) atoms. The lowest BCUT2D eigenvalue weighted by Crippen LogP contribution is -2.28. The maximum Gasteiger partial charge on any atom is 0.514 e. The Kier molecular flexibility index (Phi) is 22.5. The molecule has 1 heterocycles. The number of aromatic nitrogens is 3. The molecule has 4 aromatic rings. The molecule has 0 bridgehead atoms. The van der Waals surface area contributed by atoms with Crippen molar-refractivity contribution in [3.05, 3.63) is 98.1 Å². The number of carbonyl (C=O) groups excluding carboxylic acids is 6. The molecule has 0 aliphatic rings. The number of Topliss-reactive ketones (excluding diaryl/α,β-unsaturated/α-hetero) is 2. The quantitative estimate of drug-likeness (QED) is 0.0592. The van der Waals surface area contributed by atoms with Crippen molar-refractivity contribution in [3.63, 3.8) is 0 Å². The predicted octanol–water partition coefficient (Wildman–Crippen LogP) is 16.7. The van der Waals surface area contributed by atoms with Crippen LogP contribution in [-0.4, -0.2) is 67.7 Å². The fraction of sp³-hybridized carbons (Fsp3) is 0.620. The highest BCUT2D eigenvalue weighted by Gasteiger charge is 2.35. The Balaban J connectivity index is 1.73. The van der Waals surface area contributed by atoms with Gasteiger partial charge >= 0.3 is 18.5 Å². The summed E-state index contributed by atoms with van der Waals surface area (Å²) in [6.07, 6.45) is -1.63. The molecule has 480 valence electrons. The zero-order chi connectivity index (χ0) is 66.6. The summed E-state index contributed by atoms with van der Waals surface area (Å²) in [5.74, 6) is 0.587. The van der Waals surface area contributed by atoms with Gasteiger partial charge in [-0.2, -0.15) is 9.97 Å². The highest BCUT2D eigenvalue weighted by Crippen LogP contribution is 2.45.